The van der Waals surface area contributed by atoms with E-state index in [0.717, 1.165) is 16.8 Å². The Morgan fingerprint density at radius 3 is 2.56 bits per heavy atom. The van der Waals surface area contributed by atoms with Crippen molar-refractivity contribution in [2.45, 2.75) is 33.2 Å². The van der Waals surface area contributed by atoms with Gasteiger partial charge in [0.15, 0.2) is 0 Å². The van der Waals surface area contributed by atoms with E-state index in [0.29, 0.717) is 0 Å². The van der Waals surface area contributed by atoms with Crippen molar-refractivity contribution in [3.8, 4) is 0 Å². The van der Waals surface area contributed by atoms with Crippen molar-refractivity contribution in [1.82, 2.24) is 0 Å². The molecule has 1 fully saturated rings. The van der Waals surface area contributed by atoms with Gasteiger partial charge >= 0.3 is 5.97 Å². The van der Waals surface area contributed by atoms with Crippen molar-refractivity contribution in [1.29, 1.82) is 0 Å². The number of carboxylic acid groups (broad SMARTS) is 1. The Labute approximate surface area is 106 Å². The normalized spacial score (nSPS) is 23.5. The van der Waals surface area contributed by atoms with Gasteiger partial charge in [-0.05, 0) is 32.4 Å². The van der Waals surface area contributed by atoms with Gasteiger partial charge in [0.25, 0.3) is 0 Å². The Balaban J connectivity index is 2.39. The van der Waals surface area contributed by atoms with Crippen LogP contribution in [0.5, 0.6) is 0 Å². The molecule has 4 heteroatoms. The van der Waals surface area contributed by atoms with Gasteiger partial charge in [0, 0.05) is 18.2 Å². The van der Waals surface area contributed by atoms with Gasteiger partial charge < -0.3 is 10.0 Å². The van der Waals surface area contributed by atoms with Crippen LogP contribution in [-0.2, 0) is 9.59 Å². The zero-order valence-electron chi connectivity index (χ0n) is 10.8. The van der Waals surface area contributed by atoms with Crippen molar-refractivity contribution < 1.29 is 14.7 Å². The number of hydrogen-bond acceptors (Lipinski definition) is 2. The van der Waals surface area contributed by atoms with E-state index in [1.165, 1.54) is 0 Å². The highest BCUT2D eigenvalue weighted by molar-refractivity contribution is 6.00. The van der Waals surface area contributed by atoms with E-state index in [-0.39, 0.29) is 18.4 Å². The van der Waals surface area contributed by atoms with Gasteiger partial charge in [-0.1, -0.05) is 17.7 Å². The van der Waals surface area contributed by atoms with Gasteiger partial charge in [0.1, 0.15) is 0 Å². The molecule has 1 aliphatic heterocycles. The molecular weight excluding hydrogens is 230 g/mol. The molecule has 0 bridgehead atoms. The smallest absolute Gasteiger partial charge is 0.309 e. The highest BCUT2D eigenvalue weighted by Gasteiger charge is 2.42. The predicted molar refractivity (Wildman–Crippen MR) is 68.6 cm³/mol. The molecule has 1 N–H and O–H groups in total. The fourth-order valence-electron chi connectivity index (χ4n) is 2.59. The van der Waals surface area contributed by atoms with E-state index >= 15 is 0 Å². The van der Waals surface area contributed by atoms with Crippen molar-refractivity contribution in [2.24, 2.45) is 5.92 Å². The average Bonchev–Trinajstić information content (AvgIpc) is 2.56. The third kappa shape index (κ3) is 1.98. The number of carbonyl (C=O) groups is 2. The van der Waals surface area contributed by atoms with Gasteiger partial charge in [0.05, 0.1) is 5.92 Å². The van der Waals surface area contributed by atoms with E-state index in [4.69, 9.17) is 5.11 Å². The number of rotatable bonds is 2. The van der Waals surface area contributed by atoms with E-state index in [2.05, 4.69) is 0 Å². The van der Waals surface area contributed by atoms with Crippen LogP contribution < -0.4 is 4.90 Å². The van der Waals surface area contributed by atoms with Crippen LogP contribution >= 0.6 is 0 Å². The maximum absolute atomic E-state index is 12.0. The molecule has 1 aliphatic rings. The lowest BCUT2D eigenvalue weighted by molar-refractivity contribution is -0.142. The highest BCUT2D eigenvalue weighted by atomic mass is 16.4. The van der Waals surface area contributed by atoms with Gasteiger partial charge in [-0.25, -0.2) is 0 Å². The molecule has 1 aromatic carbocycles. The Morgan fingerprint density at radius 1 is 1.39 bits per heavy atom. The van der Waals surface area contributed by atoms with E-state index in [1.54, 1.807) is 11.8 Å². The second-order valence-corrected chi connectivity index (χ2v) is 4.94. The summed E-state index contributed by atoms with van der Waals surface area (Å²) in [5, 5.41) is 9.10. The van der Waals surface area contributed by atoms with Crippen molar-refractivity contribution >= 4 is 17.6 Å². The molecular formula is C14H17NO3. The summed E-state index contributed by atoms with van der Waals surface area (Å²) in [6, 6.07) is 5.54. The van der Waals surface area contributed by atoms with E-state index in [9.17, 15) is 9.59 Å². The summed E-state index contributed by atoms with van der Waals surface area (Å²) in [5.41, 5.74) is 2.95. The highest BCUT2D eigenvalue weighted by Crippen LogP contribution is 2.33. The number of carboxylic acids is 1. The first-order valence-electron chi connectivity index (χ1n) is 6.04. The Morgan fingerprint density at radius 2 is 2.06 bits per heavy atom. The number of hydrogen-bond donors (Lipinski definition) is 1. The van der Waals surface area contributed by atoms with Crippen LogP contribution in [0.4, 0.5) is 5.69 Å². The second-order valence-electron chi connectivity index (χ2n) is 4.94. The first-order chi connectivity index (χ1) is 8.41. The largest absolute Gasteiger partial charge is 0.481 e. The summed E-state index contributed by atoms with van der Waals surface area (Å²) in [4.78, 5) is 24.7. The van der Waals surface area contributed by atoms with Crippen LogP contribution in [0.15, 0.2) is 18.2 Å². The molecule has 2 atom stereocenters. The molecule has 0 radical (unpaired) electrons. The lowest BCUT2D eigenvalue weighted by Crippen LogP contribution is -2.35. The van der Waals surface area contributed by atoms with E-state index < -0.39 is 11.9 Å². The maximum atomic E-state index is 12.0. The summed E-state index contributed by atoms with van der Waals surface area (Å²) in [7, 11) is 0. The minimum atomic E-state index is -0.900. The van der Waals surface area contributed by atoms with Crippen LogP contribution in [0.2, 0.25) is 0 Å². The summed E-state index contributed by atoms with van der Waals surface area (Å²) in [5.74, 6) is -1.62. The van der Waals surface area contributed by atoms with Gasteiger partial charge in [-0.15, -0.1) is 0 Å². The number of benzene rings is 1. The average molecular weight is 247 g/mol. The Hall–Kier alpha value is -1.84. The van der Waals surface area contributed by atoms with Crippen LogP contribution in [0.3, 0.4) is 0 Å². The molecule has 1 aromatic rings. The number of nitrogens with zero attached hydrogens (tertiary/aromatic N) is 1. The van der Waals surface area contributed by atoms with Crippen LogP contribution in [0.25, 0.3) is 0 Å². The minimum Gasteiger partial charge on any atom is -0.481 e. The van der Waals surface area contributed by atoms with Crippen molar-refractivity contribution in [3.63, 3.8) is 0 Å². The lowest BCUT2D eigenvalue weighted by Gasteiger charge is -2.25. The summed E-state index contributed by atoms with van der Waals surface area (Å²) in [6.45, 7) is 5.73. The Bertz CT molecular complexity index is 510. The summed E-state index contributed by atoms with van der Waals surface area (Å²) in [6.07, 6.45) is 0.0871. The molecule has 96 valence electrons. The summed E-state index contributed by atoms with van der Waals surface area (Å²) >= 11 is 0. The fraction of sp³-hybridized carbons (Fsp3) is 0.429. The molecule has 1 heterocycles. The number of anilines is 1. The molecule has 0 aliphatic carbocycles. The molecule has 0 saturated carbocycles. The van der Waals surface area contributed by atoms with E-state index in [1.807, 2.05) is 32.0 Å². The van der Waals surface area contributed by atoms with Gasteiger partial charge in [-0.3, -0.25) is 9.59 Å². The molecule has 18 heavy (non-hydrogen) atoms. The predicted octanol–water partition coefficient (Wildman–Crippen LogP) is 2.13. The van der Waals surface area contributed by atoms with Gasteiger partial charge in [0.2, 0.25) is 5.91 Å². The lowest BCUT2D eigenvalue weighted by atomic mass is 10.0. The van der Waals surface area contributed by atoms with Crippen molar-refractivity contribution in [2.75, 3.05) is 4.90 Å². The number of aryl methyl sites for hydroxylation is 2. The minimum absolute atomic E-state index is 0.0871. The molecule has 2 rings (SSSR count). The fourth-order valence-corrected chi connectivity index (χ4v) is 2.59. The molecule has 2 unspecified atom stereocenters. The maximum Gasteiger partial charge on any atom is 0.309 e. The zero-order valence-corrected chi connectivity index (χ0v) is 10.8. The molecule has 1 saturated heterocycles. The molecule has 0 aromatic heterocycles. The van der Waals surface area contributed by atoms with Crippen LogP contribution in [-0.4, -0.2) is 23.0 Å². The topological polar surface area (TPSA) is 57.6 Å². The van der Waals surface area contributed by atoms with Crippen molar-refractivity contribution in [3.05, 3.63) is 29.3 Å². The summed E-state index contributed by atoms with van der Waals surface area (Å²) < 4.78 is 0. The molecule has 1 amide bonds. The number of carbonyl (C=O) groups excluding carboxylic acids is 1. The molecule has 0 spiro atoms. The SMILES string of the molecule is Cc1ccc(N2C(=O)CC(C(=O)O)C2C)c(C)c1. The quantitative estimate of drug-likeness (QED) is 0.871. The standard InChI is InChI=1S/C14H17NO3/c1-8-4-5-12(9(2)6-8)15-10(3)11(14(17)18)7-13(15)16/h4-6,10-11H,7H2,1-3H3,(H,17,18). The second kappa shape index (κ2) is 4.44. The number of aliphatic carboxylic acids is 1. The monoisotopic (exact) mass is 247 g/mol. The van der Waals surface area contributed by atoms with Crippen LogP contribution in [0, 0.1) is 19.8 Å². The first-order valence-corrected chi connectivity index (χ1v) is 6.04. The Kier molecular flexibility index (Phi) is 3.11. The third-order valence-corrected chi connectivity index (χ3v) is 3.58. The first kappa shape index (κ1) is 12.6. The zero-order chi connectivity index (χ0) is 13.4. The molecule has 4 nitrogen and oxygen atoms in total. The third-order valence-electron chi connectivity index (χ3n) is 3.58. The van der Waals surface area contributed by atoms with Gasteiger partial charge in [-0.2, -0.15) is 0 Å². The number of amides is 1. The van der Waals surface area contributed by atoms with Crippen LogP contribution in [0.1, 0.15) is 24.5 Å².